The summed E-state index contributed by atoms with van der Waals surface area (Å²) in [6, 6.07) is 16.4. The van der Waals surface area contributed by atoms with E-state index in [-0.39, 0.29) is 0 Å². The van der Waals surface area contributed by atoms with Gasteiger partial charge in [-0.15, -0.1) is 0 Å². The van der Waals surface area contributed by atoms with Gasteiger partial charge in [-0.25, -0.2) is 19.2 Å². The number of hydrogen-bond acceptors (Lipinski definition) is 14. The molecule has 3 heterocycles. The van der Waals surface area contributed by atoms with Crippen LogP contribution in [0, 0.1) is 0 Å². The van der Waals surface area contributed by atoms with Crippen molar-refractivity contribution in [1.82, 2.24) is 19.8 Å². The summed E-state index contributed by atoms with van der Waals surface area (Å²) < 4.78 is 33.2. The van der Waals surface area contributed by atoms with Gasteiger partial charge in [0, 0.05) is 60.9 Å². The Bertz CT molecular complexity index is 2010. The summed E-state index contributed by atoms with van der Waals surface area (Å²) in [6.45, 7) is 6.69. The minimum Gasteiger partial charge on any atom is -0.493 e. The molecule has 1 aliphatic heterocycles. The largest absolute Gasteiger partial charge is 0.493 e. The van der Waals surface area contributed by atoms with Crippen LogP contribution in [0.5, 0.6) is 34.5 Å². The van der Waals surface area contributed by atoms with E-state index in [1.807, 2.05) is 36.7 Å². The molecule has 0 spiro atoms. The number of aliphatic carboxylic acids is 4. The third-order valence-electron chi connectivity index (χ3n) is 9.87. The lowest BCUT2D eigenvalue weighted by molar-refractivity contribution is -0.134. The summed E-state index contributed by atoms with van der Waals surface area (Å²) >= 11 is 0. The van der Waals surface area contributed by atoms with Crippen molar-refractivity contribution >= 4 is 23.9 Å². The topological polar surface area (TPSA) is 237 Å². The molecular weight excluding hydrogens is 845 g/mol. The number of benzene rings is 2. The first-order chi connectivity index (χ1) is 31.2. The summed E-state index contributed by atoms with van der Waals surface area (Å²) in [5.41, 5.74) is 6.22. The second kappa shape index (κ2) is 27.8. The molecule has 5 rings (SSSR count). The number of aromatic nitrogens is 2. The Kier molecular flexibility index (Phi) is 22.3. The number of pyridine rings is 2. The summed E-state index contributed by atoms with van der Waals surface area (Å²) in [5, 5.41) is 31.2. The average molecular weight is 903 g/mol. The Balaban J connectivity index is 0.000000596. The van der Waals surface area contributed by atoms with Crippen LogP contribution in [0.4, 0.5) is 0 Å². The summed E-state index contributed by atoms with van der Waals surface area (Å²) in [6.07, 6.45) is 11.4. The lowest BCUT2D eigenvalue weighted by atomic mass is 10.0. The minimum absolute atomic E-state index is 0.558. The van der Waals surface area contributed by atoms with E-state index in [0.29, 0.717) is 58.8 Å². The zero-order valence-corrected chi connectivity index (χ0v) is 37.5. The zero-order chi connectivity index (χ0) is 47.7. The molecule has 350 valence electrons. The maximum absolute atomic E-state index is 9.55. The fraction of sp³-hybridized carbons (Fsp3) is 0.362. The Labute approximate surface area is 378 Å². The van der Waals surface area contributed by atoms with Crippen molar-refractivity contribution in [3.05, 3.63) is 96.4 Å². The number of hydrogen-bond donors (Lipinski definition) is 4. The number of aryl methyl sites for hydroxylation is 2. The summed E-state index contributed by atoms with van der Waals surface area (Å²) in [7, 11) is 9.75. The van der Waals surface area contributed by atoms with Gasteiger partial charge in [-0.2, -0.15) is 0 Å². The lowest BCUT2D eigenvalue weighted by Gasteiger charge is -2.22. The number of ether oxygens (including phenoxy) is 6. The van der Waals surface area contributed by atoms with Gasteiger partial charge < -0.3 is 58.6 Å². The highest BCUT2D eigenvalue weighted by atomic mass is 16.5. The van der Waals surface area contributed by atoms with Crippen molar-refractivity contribution in [3.63, 3.8) is 0 Å². The number of carboxylic acids is 4. The highest BCUT2D eigenvalue weighted by Crippen LogP contribution is 2.42. The highest BCUT2D eigenvalue weighted by molar-refractivity contribution is 5.90. The molecule has 0 unspecified atom stereocenters. The van der Waals surface area contributed by atoms with E-state index in [1.165, 1.54) is 17.5 Å². The maximum atomic E-state index is 9.55. The predicted molar refractivity (Wildman–Crippen MR) is 242 cm³/mol. The molecule has 0 aliphatic carbocycles. The molecule has 0 atom stereocenters. The summed E-state index contributed by atoms with van der Waals surface area (Å²) in [5.74, 6) is -1.37. The minimum atomic E-state index is -1.26. The van der Waals surface area contributed by atoms with Crippen LogP contribution >= 0.6 is 0 Å². The molecular formula is C47H58N4O14. The van der Waals surface area contributed by atoms with Gasteiger partial charge in [0.1, 0.15) is 0 Å². The van der Waals surface area contributed by atoms with Crippen molar-refractivity contribution in [2.45, 2.75) is 32.1 Å². The Hall–Kier alpha value is -7.18. The van der Waals surface area contributed by atoms with Crippen LogP contribution in [-0.4, -0.2) is 146 Å². The molecule has 4 aromatic rings. The van der Waals surface area contributed by atoms with Crippen LogP contribution in [-0.2, 0) is 32.0 Å². The van der Waals surface area contributed by atoms with Crippen LogP contribution in [0.25, 0.3) is 22.5 Å². The van der Waals surface area contributed by atoms with E-state index in [4.69, 9.17) is 48.8 Å². The van der Waals surface area contributed by atoms with E-state index < -0.39 is 23.9 Å². The van der Waals surface area contributed by atoms with Crippen molar-refractivity contribution in [2.24, 2.45) is 0 Å². The normalized spacial score (nSPS) is 12.8. The van der Waals surface area contributed by atoms with Gasteiger partial charge in [-0.1, -0.05) is 0 Å². The molecule has 4 N–H and O–H groups in total. The van der Waals surface area contributed by atoms with Crippen molar-refractivity contribution in [2.75, 3.05) is 81.9 Å². The molecule has 1 aliphatic rings. The zero-order valence-electron chi connectivity index (χ0n) is 37.5. The molecule has 2 aromatic heterocycles. The molecule has 0 radical (unpaired) electrons. The maximum Gasteiger partial charge on any atom is 0.328 e. The van der Waals surface area contributed by atoms with Gasteiger partial charge in [-0.05, 0) is 118 Å². The number of carbonyl (C=O) groups is 4. The van der Waals surface area contributed by atoms with E-state index >= 15 is 0 Å². The lowest BCUT2D eigenvalue weighted by Crippen LogP contribution is -2.32. The number of nitrogens with zero attached hydrogens (tertiary/aromatic N) is 4. The second-order valence-corrected chi connectivity index (χ2v) is 14.2. The Morgan fingerprint density at radius 3 is 1.11 bits per heavy atom. The average Bonchev–Trinajstić information content (AvgIpc) is 3.54. The smallest absolute Gasteiger partial charge is 0.328 e. The number of methoxy groups -OCH3 is 6. The van der Waals surface area contributed by atoms with Crippen LogP contribution in [0.1, 0.15) is 30.4 Å². The Morgan fingerprint density at radius 1 is 0.508 bits per heavy atom. The number of rotatable bonds is 20. The highest BCUT2D eigenvalue weighted by Gasteiger charge is 2.18. The molecule has 18 heteroatoms. The molecule has 0 saturated carbocycles. The first kappa shape index (κ1) is 52.2. The molecule has 2 aromatic carbocycles. The number of carboxylic acid groups (broad SMARTS) is 4. The van der Waals surface area contributed by atoms with Gasteiger partial charge in [0.05, 0.1) is 54.0 Å². The van der Waals surface area contributed by atoms with E-state index in [1.54, 1.807) is 42.7 Å². The third kappa shape index (κ3) is 17.8. The fourth-order valence-corrected chi connectivity index (χ4v) is 6.80. The van der Waals surface area contributed by atoms with Crippen LogP contribution in [0.2, 0.25) is 0 Å². The molecule has 0 bridgehead atoms. The quantitative estimate of drug-likeness (QED) is 0.0760. The third-order valence-corrected chi connectivity index (χ3v) is 9.87. The van der Waals surface area contributed by atoms with Gasteiger partial charge in [0.15, 0.2) is 23.0 Å². The standard InChI is InChI=1S/C39H50N4O6.2C4H4O4/c1-44-34-24-30(25-35(45-2)38(34)48-5)32-22-28(12-14-40-32)10-7-16-42-18-9-19-43(21-20-42)17-8-11-29-13-15-41-33(23-29)31-26-36(46-3)39(49-6)37(27-31)47-4;2*5-3(6)1-2-4(7)8/h12-15,22-27H,7-11,16-21H2,1-6H3;2*1-2H,(H,5,6)(H,7,8)/b;2*2-1+. The SMILES string of the molecule is COc1cc(-c2cc(CCCN3CCCN(CCCc4ccnc(-c5cc(OC)c(OC)c(OC)c5)c4)CC3)ccn2)cc(OC)c1OC.O=C(O)/C=C/C(=O)O.O=C(O)/C=C/C(=O)O. The molecule has 18 nitrogen and oxygen atoms in total. The van der Waals surface area contributed by atoms with E-state index in [0.717, 1.165) is 87.5 Å². The van der Waals surface area contributed by atoms with Crippen molar-refractivity contribution in [3.8, 4) is 57.0 Å². The molecule has 65 heavy (non-hydrogen) atoms. The van der Waals surface area contributed by atoms with Crippen LogP contribution < -0.4 is 28.4 Å². The van der Waals surface area contributed by atoms with Gasteiger partial charge in [-0.3, -0.25) is 9.97 Å². The second-order valence-electron chi connectivity index (χ2n) is 14.2. The van der Waals surface area contributed by atoms with Crippen molar-refractivity contribution in [1.29, 1.82) is 0 Å². The van der Waals surface area contributed by atoms with Crippen LogP contribution in [0.3, 0.4) is 0 Å². The first-order valence-electron chi connectivity index (χ1n) is 20.5. The molecule has 1 fully saturated rings. The van der Waals surface area contributed by atoms with Crippen molar-refractivity contribution < 1.29 is 68.0 Å². The Morgan fingerprint density at radius 2 is 0.831 bits per heavy atom. The van der Waals surface area contributed by atoms with Gasteiger partial charge in [0.2, 0.25) is 11.5 Å². The van der Waals surface area contributed by atoms with Gasteiger partial charge in [0.25, 0.3) is 0 Å². The van der Waals surface area contributed by atoms with E-state index in [9.17, 15) is 19.2 Å². The summed E-state index contributed by atoms with van der Waals surface area (Å²) in [4.78, 5) is 52.7. The van der Waals surface area contributed by atoms with Crippen LogP contribution in [0.15, 0.2) is 85.2 Å². The fourth-order valence-electron chi connectivity index (χ4n) is 6.80. The predicted octanol–water partition coefficient (Wildman–Crippen LogP) is 5.86. The molecule has 1 saturated heterocycles. The van der Waals surface area contributed by atoms with Gasteiger partial charge >= 0.3 is 23.9 Å². The molecule has 0 amide bonds. The monoisotopic (exact) mass is 902 g/mol. The van der Waals surface area contributed by atoms with E-state index in [2.05, 4.69) is 44.0 Å². The first-order valence-corrected chi connectivity index (χ1v) is 20.5.